The Balaban J connectivity index is 2.71. The number of pyridine rings is 1. The highest BCUT2D eigenvalue weighted by Gasteiger charge is 2.17. The lowest BCUT2D eigenvalue weighted by Crippen LogP contribution is -2.44. The van der Waals surface area contributed by atoms with E-state index < -0.39 is 12.1 Å². The van der Waals surface area contributed by atoms with Crippen LogP contribution in [-0.4, -0.2) is 37.2 Å². The maximum atomic E-state index is 11.9. The molecule has 21 heavy (non-hydrogen) atoms. The molecular weight excluding hydrogens is 274 g/mol. The summed E-state index contributed by atoms with van der Waals surface area (Å²) in [4.78, 5) is 27.2. The van der Waals surface area contributed by atoms with E-state index in [1.807, 2.05) is 19.9 Å². The summed E-state index contributed by atoms with van der Waals surface area (Å²) in [5, 5.41) is 5.13. The van der Waals surface area contributed by atoms with Crippen molar-refractivity contribution < 1.29 is 19.1 Å². The number of hydrogen-bond donors (Lipinski definition) is 2. The van der Waals surface area contributed by atoms with E-state index in [1.165, 1.54) is 14.2 Å². The van der Waals surface area contributed by atoms with Gasteiger partial charge in [-0.15, -0.1) is 0 Å². The van der Waals surface area contributed by atoms with Crippen molar-refractivity contribution in [2.75, 3.05) is 14.2 Å². The molecule has 0 aliphatic heterocycles. The van der Waals surface area contributed by atoms with Gasteiger partial charge in [0.05, 0.1) is 14.2 Å². The molecule has 7 nitrogen and oxygen atoms in total. The van der Waals surface area contributed by atoms with Crippen LogP contribution < -0.4 is 15.4 Å². The third-order valence-electron chi connectivity index (χ3n) is 2.98. The number of hydrogen-bond acceptors (Lipinski definition) is 5. The molecule has 0 aromatic carbocycles. The van der Waals surface area contributed by atoms with Gasteiger partial charge in [0.1, 0.15) is 6.04 Å². The summed E-state index contributed by atoms with van der Waals surface area (Å²) in [6.07, 6.45) is -0.650. The molecule has 0 aliphatic rings. The molecule has 7 heteroatoms. The zero-order valence-corrected chi connectivity index (χ0v) is 12.9. The SMILES string of the molecule is COC(=O)NC(C)C(=O)NCc1c(C)cc(C)nc1OC. The van der Waals surface area contributed by atoms with Crippen molar-refractivity contribution in [1.29, 1.82) is 0 Å². The molecule has 0 fully saturated rings. The molecule has 0 radical (unpaired) electrons. The fraction of sp³-hybridized carbons (Fsp3) is 0.500. The highest BCUT2D eigenvalue weighted by atomic mass is 16.5. The van der Waals surface area contributed by atoms with Crippen LogP contribution in [0.2, 0.25) is 0 Å². The molecule has 2 N–H and O–H groups in total. The Morgan fingerprint density at radius 3 is 2.57 bits per heavy atom. The van der Waals surface area contributed by atoms with Crippen LogP contribution in [0.5, 0.6) is 5.88 Å². The van der Waals surface area contributed by atoms with E-state index in [2.05, 4.69) is 20.4 Å². The number of ether oxygens (including phenoxy) is 2. The predicted molar refractivity (Wildman–Crippen MR) is 77.1 cm³/mol. The number of amides is 2. The number of carbonyl (C=O) groups excluding carboxylic acids is 2. The Hall–Kier alpha value is -2.31. The van der Waals surface area contributed by atoms with Gasteiger partial charge in [-0.05, 0) is 32.4 Å². The van der Waals surface area contributed by atoms with Crippen LogP contribution in [0.1, 0.15) is 23.7 Å². The van der Waals surface area contributed by atoms with Crippen molar-refractivity contribution in [1.82, 2.24) is 15.6 Å². The van der Waals surface area contributed by atoms with Gasteiger partial charge < -0.3 is 20.1 Å². The van der Waals surface area contributed by atoms with E-state index in [4.69, 9.17) is 4.74 Å². The molecule has 0 aliphatic carbocycles. The highest BCUT2D eigenvalue weighted by molar-refractivity contribution is 5.85. The molecule has 2 amide bonds. The summed E-state index contributed by atoms with van der Waals surface area (Å²) < 4.78 is 9.67. The summed E-state index contributed by atoms with van der Waals surface area (Å²) in [7, 11) is 2.78. The van der Waals surface area contributed by atoms with E-state index in [9.17, 15) is 9.59 Å². The van der Waals surface area contributed by atoms with Crippen LogP contribution in [0.25, 0.3) is 0 Å². The molecule has 1 aromatic rings. The van der Waals surface area contributed by atoms with E-state index in [0.717, 1.165) is 16.8 Å². The van der Waals surface area contributed by atoms with Crippen molar-refractivity contribution in [3.05, 3.63) is 22.9 Å². The van der Waals surface area contributed by atoms with Gasteiger partial charge in [0.15, 0.2) is 0 Å². The lowest BCUT2D eigenvalue weighted by Gasteiger charge is -2.15. The van der Waals surface area contributed by atoms with E-state index in [0.29, 0.717) is 5.88 Å². The summed E-state index contributed by atoms with van der Waals surface area (Å²) in [5.74, 6) is 0.170. The molecule has 0 saturated carbocycles. The molecule has 1 heterocycles. The molecule has 0 bridgehead atoms. The van der Waals surface area contributed by atoms with Crippen LogP contribution in [0.15, 0.2) is 6.07 Å². The third-order valence-corrected chi connectivity index (χ3v) is 2.98. The average molecular weight is 295 g/mol. The average Bonchev–Trinajstić information content (AvgIpc) is 2.44. The maximum Gasteiger partial charge on any atom is 0.407 e. The van der Waals surface area contributed by atoms with Gasteiger partial charge in [-0.25, -0.2) is 9.78 Å². The van der Waals surface area contributed by atoms with Crippen molar-refractivity contribution in [2.45, 2.75) is 33.4 Å². The Bertz CT molecular complexity index is 531. The predicted octanol–water partition coefficient (Wildman–Crippen LogP) is 1.07. The molecule has 1 rings (SSSR count). The Morgan fingerprint density at radius 2 is 2.00 bits per heavy atom. The standard InChI is InChI=1S/C14H21N3O4/c1-8-6-9(2)16-13(20-4)11(8)7-15-12(18)10(3)17-14(19)21-5/h6,10H,7H2,1-5H3,(H,15,18)(H,17,19). The van der Waals surface area contributed by atoms with Gasteiger partial charge in [0.2, 0.25) is 11.8 Å². The summed E-state index contributed by atoms with van der Waals surface area (Å²) in [5.41, 5.74) is 2.63. The van der Waals surface area contributed by atoms with Crippen LogP contribution in [-0.2, 0) is 16.1 Å². The number of aryl methyl sites for hydroxylation is 2. The molecule has 0 spiro atoms. The van der Waals surface area contributed by atoms with E-state index in [-0.39, 0.29) is 12.5 Å². The number of nitrogens with zero attached hydrogens (tertiary/aromatic N) is 1. The lowest BCUT2D eigenvalue weighted by molar-refractivity contribution is -0.122. The summed E-state index contributed by atoms with van der Waals surface area (Å²) >= 11 is 0. The van der Waals surface area contributed by atoms with Crippen LogP contribution in [0.3, 0.4) is 0 Å². The topological polar surface area (TPSA) is 89.5 Å². The molecule has 0 saturated heterocycles. The second-order valence-electron chi connectivity index (χ2n) is 4.64. The summed E-state index contributed by atoms with van der Waals surface area (Å²) in [6.45, 7) is 5.65. The Morgan fingerprint density at radius 1 is 1.33 bits per heavy atom. The van der Waals surface area contributed by atoms with Crippen molar-refractivity contribution in [3.63, 3.8) is 0 Å². The number of rotatable bonds is 5. The van der Waals surface area contributed by atoms with Crippen LogP contribution in [0, 0.1) is 13.8 Å². The van der Waals surface area contributed by atoms with Gasteiger partial charge >= 0.3 is 6.09 Å². The first-order chi connectivity index (χ1) is 9.88. The largest absolute Gasteiger partial charge is 0.481 e. The van der Waals surface area contributed by atoms with Gasteiger partial charge in [-0.3, -0.25) is 4.79 Å². The van der Waals surface area contributed by atoms with Gasteiger partial charge in [-0.1, -0.05) is 0 Å². The minimum absolute atomic E-state index is 0.272. The van der Waals surface area contributed by atoms with Crippen LogP contribution >= 0.6 is 0 Å². The first kappa shape index (κ1) is 16.7. The van der Waals surface area contributed by atoms with Gasteiger partial charge in [-0.2, -0.15) is 0 Å². The first-order valence-corrected chi connectivity index (χ1v) is 6.52. The minimum Gasteiger partial charge on any atom is -0.481 e. The zero-order chi connectivity index (χ0) is 16.0. The minimum atomic E-state index is -0.692. The van der Waals surface area contributed by atoms with Crippen molar-refractivity contribution in [2.24, 2.45) is 0 Å². The molecular formula is C14H21N3O4. The molecule has 116 valence electrons. The lowest BCUT2D eigenvalue weighted by atomic mass is 10.1. The fourth-order valence-corrected chi connectivity index (χ4v) is 1.84. The quantitative estimate of drug-likeness (QED) is 0.848. The first-order valence-electron chi connectivity index (χ1n) is 6.52. The molecule has 1 atom stereocenters. The normalized spacial score (nSPS) is 11.5. The summed E-state index contributed by atoms with van der Waals surface area (Å²) in [6, 6.07) is 1.22. The monoisotopic (exact) mass is 295 g/mol. The number of carbonyl (C=O) groups is 2. The van der Waals surface area contributed by atoms with Crippen molar-refractivity contribution >= 4 is 12.0 Å². The van der Waals surface area contributed by atoms with Crippen LogP contribution in [0.4, 0.5) is 4.79 Å². The van der Waals surface area contributed by atoms with Gasteiger partial charge in [0.25, 0.3) is 0 Å². The maximum absolute atomic E-state index is 11.9. The highest BCUT2D eigenvalue weighted by Crippen LogP contribution is 2.20. The Kier molecular flexibility index (Phi) is 5.95. The second kappa shape index (κ2) is 7.47. The van der Waals surface area contributed by atoms with Crippen molar-refractivity contribution in [3.8, 4) is 5.88 Å². The number of aromatic nitrogens is 1. The van der Waals surface area contributed by atoms with E-state index in [1.54, 1.807) is 6.92 Å². The smallest absolute Gasteiger partial charge is 0.407 e. The van der Waals surface area contributed by atoms with E-state index >= 15 is 0 Å². The molecule has 1 aromatic heterocycles. The number of alkyl carbamates (subject to hydrolysis) is 1. The second-order valence-corrected chi connectivity index (χ2v) is 4.64. The number of methoxy groups -OCH3 is 2. The zero-order valence-electron chi connectivity index (χ0n) is 12.9. The third kappa shape index (κ3) is 4.62. The number of nitrogens with one attached hydrogen (secondary N) is 2. The Labute approximate surface area is 124 Å². The molecule has 1 unspecified atom stereocenters. The van der Waals surface area contributed by atoms with Gasteiger partial charge in [0, 0.05) is 17.8 Å². The fourth-order valence-electron chi connectivity index (χ4n) is 1.84.